The Morgan fingerprint density at radius 2 is 1.72 bits per heavy atom. The van der Waals surface area contributed by atoms with Gasteiger partial charge < -0.3 is 15.4 Å². The number of rotatable bonds is 8. The van der Waals surface area contributed by atoms with Gasteiger partial charge in [0.25, 0.3) is 0 Å². The van der Waals surface area contributed by atoms with E-state index in [0.29, 0.717) is 29.2 Å². The van der Waals surface area contributed by atoms with Gasteiger partial charge in [0.15, 0.2) is 0 Å². The molecule has 7 heteroatoms. The maximum Gasteiger partial charge on any atom is 0.408 e. The maximum absolute atomic E-state index is 13.6. The highest BCUT2D eigenvalue weighted by molar-refractivity contribution is 7.98. The van der Waals surface area contributed by atoms with Crippen molar-refractivity contribution in [3.05, 3.63) is 71.5 Å². The van der Waals surface area contributed by atoms with Gasteiger partial charge in [0.2, 0.25) is 5.91 Å². The number of hydrogen-bond acceptors (Lipinski definition) is 4. The minimum absolute atomic E-state index is 0.227. The molecule has 2 rings (SSSR count). The average Bonchev–Trinajstić information content (AvgIpc) is 2.66. The molecule has 0 aromatic heterocycles. The molecule has 2 aromatic carbocycles. The van der Waals surface area contributed by atoms with Crippen LogP contribution in [-0.4, -0.2) is 29.9 Å². The van der Waals surface area contributed by atoms with Crippen molar-refractivity contribution in [1.82, 2.24) is 10.6 Å². The fourth-order valence-electron chi connectivity index (χ4n) is 2.52. The Bertz CT molecular complexity index is 809. The summed E-state index contributed by atoms with van der Waals surface area (Å²) in [5, 5.41) is 5.46. The van der Waals surface area contributed by atoms with Gasteiger partial charge >= 0.3 is 6.09 Å². The second-order valence-electron chi connectivity index (χ2n) is 7.42. The molecule has 2 amide bonds. The number of halogens is 1. The Morgan fingerprint density at radius 3 is 2.38 bits per heavy atom. The molecule has 0 aliphatic heterocycles. The Balaban J connectivity index is 1.88. The molecule has 0 saturated heterocycles. The van der Waals surface area contributed by atoms with Crippen LogP contribution < -0.4 is 10.6 Å². The van der Waals surface area contributed by atoms with Gasteiger partial charge in [-0.2, -0.15) is 11.8 Å². The Morgan fingerprint density at radius 1 is 1.07 bits per heavy atom. The van der Waals surface area contributed by atoms with E-state index in [1.165, 1.54) is 17.8 Å². The first-order valence-corrected chi connectivity index (χ1v) is 10.5. The molecule has 0 saturated carbocycles. The van der Waals surface area contributed by atoms with Crippen molar-refractivity contribution in [2.75, 3.05) is 12.3 Å². The monoisotopic (exact) mass is 418 g/mol. The van der Waals surface area contributed by atoms with Gasteiger partial charge in [-0.25, -0.2) is 9.18 Å². The van der Waals surface area contributed by atoms with E-state index < -0.39 is 17.7 Å². The van der Waals surface area contributed by atoms with Gasteiger partial charge in [0, 0.05) is 18.1 Å². The maximum atomic E-state index is 13.6. The molecule has 5 nitrogen and oxygen atoms in total. The molecule has 1 atom stereocenters. The molecule has 29 heavy (non-hydrogen) atoms. The van der Waals surface area contributed by atoms with Gasteiger partial charge in [0.05, 0.1) is 0 Å². The fourth-order valence-corrected chi connectivity index (χ4v) is 3.36. The third-order valence-electron chi connectivity index (χ3n) is 3.82. The summed E-state index contributed by atoms with van der Waals surface area (Å²) in [5.74, 6) is 0.595. The minimum Gasteiger partial charge on any atom is -0.444 e. The summed E-state index contributed by atoms with van der Waals surface area (Å²) in [6, 6.07) is 14.8. The number of thioether (sulfide) groups is 1. The topological polar surface area (TPSA) is 67.4 Å². The van der Waals surface area contributed by atoms with Crippen molar-refractivity contribution in [1.29, 1.82) is 0 Å². The van der Waals surface area contributed by atoms with Crippen molar-refractivity contribution in [2.24, 2.45) is 0 Å². The first kappa shape index (κ1) is 22.7. The Labute approximate surface area is 175 Å². The highest BCUT2D eigenvalue weighted by Crippen LogP contribution is 2.16. The lowest BCUT2D eigenvalue weighted by Gasteiger charge is -2.23. The van der Waals surface area contributed by atoms with Crippen LogP contribution in [0.3, 0.4) is 0 Å². The van der Waals surface area contributed by atoms with Gasteiger partial charge in [0.1, 0.15) is 17.5 Å². The van der Waals surface area contributed by atoms with Crippen LogP contribution in [-0.2, 0) is 15.3 Å². The molecule has 2 N–H and O–H groups in total. The lowest BCUT2D eigenvalue weighted by molar-refractivity contribution is -0.123. The third-order valence-corrected chi connectivity index (χ3v) is 4.83. The molecular weight excluding hydrogens is 391 g/mol. The minimum atomic E-state index is -0.859. The van der Waals surface area contributed by atoms with Crippen LogP contribution in [0.5, 0.6) is 0 Å². The average molecular weight is 419 g/mol. The predicted molar refractivity (Wildman–Crippen MR) is 114 cm³/mol. The molecule has 0 aliphatic carbocycles. The van der Waals surface area contributed by atoms with E-state index in [9.17, 15) is 14.0 Å². The summed E-state index contributed by atoms with van der Waals surface area (Å²) in [6.45, 7) is 5.68. The number of carbonyl (C=O) groups is 2. The number of amides is 2. The van der Waals surface area contributed by atoms with Crippen molar-refractivity contribution in [3.63, 3.8) is 0 Å². The molecule has 0 bridgehead atoms. The van der Waals surface area contributed by atoms with Gasteiger partial charge in [-0.15, -0.1) is 0 Å². The summed E-state index contributed by atoms with van der Waals surface area (Å²) < 4.78 is 18.9. The van der Waals surface area contributed by atoms with Crippen LogP contribution in [0.2, 0.25) is 0 Å². The molecule has 0 heterocycles. The van der Waals surface area contributed by atoms with Crippen LogP contribution in [0.15, 0.2) is 54.6 Å². The summed E-state index contributed by atoms with van der Waals surface area (Å²) >= 11 is 1.53. The summed E-state index contributed by atoms with van der Waals surface area (Å²) in [7, 11) is 0. The van der Waals surface area contributed by atoms with Crippen LogP contribution in [0.1, 0.15) is 37.9 Å². The number of hydrogen-bond donors (Lipinski definition) is 2. The number of nitrogens with one attached hydrogen (secondary N) is 2. The second-order valence-corrected chi connectivity index (χ2v) is 8.53. The van der Waals surface area contributed by atoms with E-state index in [4.69, 9.17) is 4.74 Å². The van der Waals surface area contributed by atoms with Crippen LogP contribution in [0.25, 0.3) is 0 Å². The SMILES string of the molecule is CC(C)(C)OC(=O)N[C@H](C(=O)NCCSCc1ccccc1F)c1ccccc1. The molecule has 0 spiro atoms. The van der Waals surface area contributed by atoms with Crippen LogP contribution in [0, 0.1) is 5.82 Å². The van der Waals surface area contributed by atoms with Gasteiger partial charge in [-0.1, -0.05) is 48.5 Å². The quantitative estimate of drug-likeness (QED) is 0.622. The molecular formula is C22H27FN2O3S. The number of alkyl carbamates (subject to hydrolysis) is 1. The zero-order valence-electron chi connectivity index (χ0n) is 16.9. The lowest BCUT2D eigenvalue weighted by Crippen LogP contribution is -2.43. The highest BCUT2D eigenvalue weighted by Gasteiger charge is 2.25. The van der Waals surface area contributed by atoms with Crippen molar-refractivity contribution in [3.8, 4) is 0 Å². The van der Waals surface area contributed by atoms with E-state index in [-0.39, 0.29) is 11.7 Å². The number of ether oxygens (including phenoxy) is 1. The molecule has 0 unspecified atom stereocenters. The first-order valence-electron chi connectivity index (χ1n) is 9.39. The number of carbonyl (C=O) groups excluding carboxylic acids is 2. The van der Waals surface area contributed by atoms with Crippen molar-refractivity contribution < 1.29 is 18.7 Å². The number of benzene rings is 2. The zero-order valence-corrected chi connectivity index (χ0v) is 17.7. The molecule has 0 fully saturated rings. The Hall–Kier alpha value is -2.54. The predicted octanol–water partition coefficient (Wildman–Crippen LogP) is 4.44. The standard InChI is InChI=1S/C22H27FN2O3S/c1-22(2,3)28-21(27)25-19(16-9-5-4-6-10-16)20(26)24-13-14-29-15-17-11-7-8-12-18(17)23/h4-12,19H,13-15H2,1-3H3,(H,24,26)(H,25,27)/t19-/m0/s1. The van der Waals surface area contributed by atoms with E-state index in [1.54, 1.807) is 63.2 Å². The van der Waals surface area contributed by atoms with E-state index >= 15 is 0 Å². The van der Waals surface area contributed by atoms with Gasteiger partial charge in [-0.05, 0) is 38.0 Å². The Kier molecular flexibility index (Phi) is 8.51. The summed E-state index contributed by atoms with van der Waals surface area (Å²) in [4.78, 5) is 24.8. The largest absolute Gasteiger partial charge is 0.444 e. The normalized spacial score (nSPS) is 12.1. The summed E-state index contributed by atoms with van der Waals surface area (Å²) in [5.41, 5.74) is 0.637. The second kappa shape index (κ2) is 10.9. The zero-order chi connectivity index (χ0) is 21.3. The fraction of sp³-hybridized carbons (Fsp3) is 0.364. The van der Waals surface area contributed by atoms with Gasteiger partial charge in [-0.3, -0.25) is 4.79 Å². The first-order chi connectivity index (χ1) is 13.8. The highest BCUT2D eigenvalue weighted by atomic mass is 32.2. The molecule has 0 aliphatic rings. The van der Waals surface area contributed by atoms with Crippen LogP contribution >= 0.6 is 11.8 Å². The van der Waals surface area contributed by atoms with Crippen molar-refractivity contribution >= 4 is 23.8 Å². The molecule has 0 radical (unpaired) electrons. The van der Waals surface area contributed by atoms with Crippen LogP contribution in [0.4, 0.5) is 9.18 Å². The lowest BCUT2D eigenvalue weighted by atomic mass is 10.1. The smallest absolute Gasteiger partial charge is 0.408 e. The molecule has 2 aromatic rings. The third kappa shape index (κ3) is 8.15. The van der Waals surface area contributed by atoms with E-state index in [2.05, 4.69) is 10.6 Å². The van der Waals surface area contributed by atoms with E-state index in [1.807, 2.05) is 6.07 Å². The summed E-state index contributed by atoms with van der Waals surface area (Å²) in [6.07, 6.45) is -0.657. The van der Waals surface area contributed by atoms with E-state index in [0.717, 1.165) is 0 Å². The van der Waals surface area contributed by atoms with Crippen molar-refractivity contribution in [2.45, 2.75) is 38.2 Å². The molecule has 156 valence electrons.